The minimum Gasteiger partial charge on any atom is -0.494 e. The van der Waals surface area contributed by atoms with E-state index in [1.165, 1.54) is 19.3 Å². The lowest BCUT2D eigenvalue weighted by molar-refractivity contribution is -0.141. The van der Waals surface area contributed by atoms with E-state index in [2.05, 4.69) is 17.6 Å². The van der Waals surface area contributed by atoms with E-state index in [0.717, 1.165) is 30.6 Å². The Morgan fingerprint density at radius 2 is 1.86 bits per heavy atom. The molecule has 1 aromatic rings. The molecule has 28 heavy (non-hydrogen) atoms. The van der Waals surface area contributed by atoms with E-state index in [9.17, 15) is 9.59 Å². The summed E-state index contributed by atoms with van der Waals surface area (Å²) in [5, 5.41) is 5.54. The number of ether oxygens (including phenoxy) is 2. The van der Waals surface area contributed by atoms with E-state index in [1.54, 1.807) is 6.92 Å². The predicted octanol–water partition coefficient (Wildman–Crippen LogP) is 4.23. The lowest BCUT2D eigenvalue weighted by Gasteiger charge is -2.29. The summed E-state index contributed by atoms with van der Waals surface area (Å²) >= 11 is 0. The van der Waals surface area contributed by atoms with Crippen molar-refractivity contribution < 1.29 is 19.1 Å². The zero-order valence-electron chi connectivity index (χ0n) is 16.8. The van der Waals surface area contributed by atoms with Gasteiger partial charge in [-0.2, -0.15) is 0 Å². The van der Waals surface area contributed by atoms with E-state index in [-0.39, 0.29) is 12.0 Å². The molecular weight excluding hydrogens is 356 g/mol. The molecule has 3 rings (SSSR count). The Morgan fingerprint density at radius 1 is 1.14 bits per heavy atom. The van der Waals surface area contributed by atoms with E-state index < -0.39 is 6.04 Å². The van der Waals surface area contributed by atoms with Crippen molar-refractivity contribution in [2.45, 2.75) is 58.4 Å². The van der Waals surface area contributed by atoms with Crippen molar-refractivity contribution in [1.29, 1.82) is 0 Å². The van der Waals surface area contributed by atoms with Gasteiger partial charge in [-0.15, -0.1) is 0 Å². The molecule has 0 aromatic heterocycles. The first kappa shape index (κ1) is 20.2. The molecule has 2 amide bonds. The Kier molecular flexibility index (Phi) is 6.95. The first-order chi connectivity index (χ1) is 13.6. The molecule has 0 radical (unpaired) electrons. The van der Waals surface area contributed by atoms with Crippen molar-refractivity contribution in [3.8, 4) is 5.75 Å². The lowest BCUT2D eigenvalue weighted by atomic mass is 9.90. The molecule has 1 fully saturated rings. The van der Waals surface area contributed by atoms with Crippen LogP contribution in [0.5, 0.6) is 5.75 Å². The van der Waals surface area contributed by atoms with E-state index in [1.807, 2.05) is 24.3 Å². The van der Waals surface area contributed by atoms with Gasteiger partial charge in [0.25, 0.3) is 0 Å². The third-order valence-electron chi connectivity index (χ3n) is 5.35. The summed E-state index contributed by atoms with van der Waals surface area (Å²) in [5.74, 6) is 0.845. The summed E-state index contributed by atoms with van der Waals surface area (Å²) in [4.78, 5) is 24.9. The van der Waals surface area contributed by atoms with E-state index >= 15 is 0 Å². The van der Waals surface area contributed by atoms with Crippen LogP contribution < -0.4 is 15.4 Å². The number of carbonyl (C=O) groups excluding carboxylic acids is 2. The maximum atomic E-state index is 12.9. The largest absolute Gasteiger partial charge is 0.494 e. The van der Waals surface area contributed by atoms with E-state index in [0.29, 0.717) is 30.4 Å². The number of benzene rings is 1. The molecule has 152 valence electrons. The van der Waals surface area contributed by atoms with Gasteiger partial charge in [-0.05, 0) is 49.8 Å². The maximum absolute atomic E-state index is 12.9. The molecule has 2 aliphatic rings. The molecule has 6 heteroatoms. The van der Waals surface area contributed by atoms with Crippen molar-refractivity contribution >= 4 is 12.0 Å². The van der Waals surface area contributed by atoms with Gasteiger partial charge in [0.15, 0.2) is 0 Å². The van der Waals surface area contributed by atoms with Crippen molar-refractivity contribution in [1.82, 2.24) is 10.6 Å². The van der Waals surface area contributed by atoms with Crippen molar-refractivity contribution in [3.63, 3.8) is 0 Å². The normalized spacial score (nSPS) is 20.4. The average Bonchev–Trinajstić information content (AvgIpc) is 2.71. The highest BCUT2D eigenvalue weighted by Crippen LogP contribution is 2.30. The Hall–Kier alpha value is -2.50. The highest BCUT2D eigenvalue weighted by Gasteiger charge is 2.32. The molecule has 1 heterocycles. The number of rotatable bonds is 7. The van der Waals surface area contributed by atoms with Crippen LogP contribution in [0.2, 0.25) is 0 Å². The number of hydrogen-bond acceptors (Lipinski definition) is 4. The highest BCUT2D eigenvalue weighted by atomic mass is 16.5. The smallest absolute Gasteiger partial charge is 0.338 e. The zero-order valence-corrected chi connectivity index (χ0v) is 16.8. The van der Waals surface area contributed by atoms with Gasteiger partial charge in [-0.3, -0.25) is 0 Å². The van der Waals surface area contributed by atoms with Crippen LogP contribution in [0.1, 0.15) is 64.0 Å². The van der Waals surface area contributed by atoms with Gasteiger partial charge in [0, 0.05) is 5.70 Å². The van der Waals surface area contributed by atoms with Crippen LogP contribution in [0.15, 0.2) is 35.5 Å². The number of esters is 1. The maximum Gasteiger partial charge on any atom is 0.338 e. The van der Waals surface area contributed by atoms with Gasteiger partial charge in [0.1, 0.15) is 5.75 Å². The molecule has 0 unspecified atom stereocenters. The molecule has 1 aliphatic heterocycles. The monoisotopic (exact) mass is 386 g/mol. The molecule has 2 N–H and O–H groups in total. The molecule has 1 aliphatic carbocycles. The zero-order chi connectivity index (χ0) is 19.9. The van der Waals surface area contributed by atoms with Gasteiger partial charge < -0.3 is 20.1 Å². The average molecular weight is 386 g/mol. The summed E-state index contributed by atoms with van der Waals surface area (Å²) in [6.45, 7) is 4.89. The van der Waals surface area contributed by atoms with Crippen LogP contribution in [0.3, 0.4) is 0 Å². The Morgan fingerprint density at radius 3 is 2.54 bits per heavy atom. The molecule has 0 bridgehead atoms. The molecule has 6 nitrogen and oxygen atoms in total. The van der Waals surface area contributed by atoms with Gasteiger partial charge in [-0.25, -0.2) is 9.59 Å². The van der Waals surface area contributed by atoms with Gasteiger partial charge in [0.05, 0.1) is 24.8 Å². The van der Waals surface area contributed by atoms with Crippen LogP contribution in [0.4, 0.5) is 4.79 Å². The van der Waals surface area contributed by atoms with Crippen LogP contribution in [-0.2, 0) is 9.53 Å². The fourth-order valence-corrected chi connectivity index (χ4v) is 3.82. The molecule has 0 saturated heterocycles. The van der Waals surface area contributed by atoms with Crippen molar-refractivity contribution in [2.75, 3.05) is 13.2 Å². The Bertz CT molecular complexity index is 721. The topological polar surface area (TPSA) is 76.7 Å². The van der Waals surface area contributed by atoms with Crippen molar-refractivity contribution in [3.05, 3.63) is 41.1 Å². The Labute approximate surface area is 166 Å². The molecule has 1 saturated carbocycles. The van der Waals surface area contributed by atoms with Crippen LogP contribution in [-0.4, -0.2) is 25.2 Å². The fraction of sp³-hybridized carbons (Fsp3) is 0.545. The number of amides is 2. The van der Waals surface area contributed by atoms with Gasteiger partial charge in [0.2, 0.25) is 0 Å². The second kappa shape index (κ2) is 9.62. The SMILES string of the molecule is CCCOc1ccc([C@@H]2NC(=O)NC(C)=C2C(=O)OCC2CCCCC2)cc1. The third kappa shape index (κ3) is 5.06. The second-order valence-electron chi connectivity index (χ2n) is 7.59. The Balaban J connectivity index is 1.73. The number of nitrogens with one attached hydrogen (secondary N) is 2. The first-order valence-corrected chi connectivity index (χ1v) is 10.3. The minimum atomic E-state index is -0.534. The molecule has 1 atom stereocenters. The number of urea groups is 1. The standard InChI is InChI=1S/C22H30N2O4/c1-3-13-27-18-11-9-17(10-12-18)20-19(15(2)23-22(26)24-20)21(25)28-14-16-7-5-4-6-8-16/h9-12,16,20H,3-8,13-14H2,1-2H3,(H2,23,24,26)/t20-/m0/s1. The van der Waals surface area contributed by atoms with E-state index in [4.69, 9.17) is 9.47 Å². The third-order valence-corrected chi connectivity index (χ3v) is 5.35. The minimum absolute atomic E-state index is 0.322. The van der Waals surface area contributed by atoms with Crippen molar-refractivity contribution in [2.24, 2.45) is 5.92 Å². The molecule has 0 spiro atoms. The summed E-state index contributed by atoms with van der Waals surface area (Å²) in [6, 6.07) is 6.62. The molecule has 1 aromatic carbocycles. The second-order valence-corrected chi connectivity index (χ2v) is 7.59. The quantitative estimate of drug-likeness (QED) is 0.688. The first-order valence-electron chi connectivity index (χ1n) is 10.3. The molecular formula is C22H30N2O4. The predicted molar refractivity (Wildman–Crippen MR) is 107 cm³/mol. The van der Waals surface area contributed by atoms with Gasteiger partial charge in [-0.1, -0.05) is 38.3 Å². The highest BCUT2D eigenvalue weighted by molar-refractivity contribution is 5.95. The summed E-state index contributed by atoms with van der Waals surface area (Å²) in [6.07, 6.45) is 6.84. The lowest BCUT2D eigenvalue weighted by Crippen LogP contribution is -2.45. The summed E-state index contributed by atoms with van der Waals surface area (Å²) in [7, 11) is 0. The number of hydrogen-bond donors (Lipinski definition) is 2. The van der Waals surface area contributed by atoms with Crippen LogP contribution >= 0.6 is 0 Å². The fourth-order valence-electron chi connectivity index (χ4n) is 3.82. The van der Waals surface area contributed by atoms with Gasteiger partial charge >= 0.3 is 12.0 Å². The summed E-state index contributed by atoms with van der Waals surface area (Å²) < 4.78 is 11.3. The van der Waals surface area contributed by atoms with Crippen LogP contribution in [0, 0.1) is 5.92 Å². The number of allylic oxidation sites excluding steroid dienone is 1. The van der Waals surface area contributed by atoms with Crippen LogP contribution in [0.25, 0.3) is 0 Å². The summed E-state index contributed by atoms with van der Waals surface area (Å²) in [5.41, 5.74) is 1.81. The number of carbonyl (C=O) groups is 2.